The van der Waals surface area contributed by atoms with Gasteiger partial charge in [0.2, 0.25) is 0 Å². The molecule has 0 saturated carbocycles. The number of hydrogen-bond donors (Lipinski definition) is 2. The van der Waals surface area contributed by atoms with Gasteiger partial charge < -0.3 is 9.30 Å². The van der Waals surface area contributed by atoms with Crippen LogP contribution in [-0.2, 0) is 18.2 Å². The van der Waals surface area contributed by atoms with Crippen LogP contribution in [0.3, 0.4) is 0 Å². The molecule has 3 N–H and O–H groups in total. The molecule has 21 heavy (non-hydrogen) atoms. The van der Waals surface area contributed by atoms with Gasteiger partial charge in [-0.1, -0.05) is 19.1 Å². The van der Waals surface area contributed by atoms with Crippen LogP contribution in [0.5, 0.6) is 0 Å². The molecule has 3 atom stereocenters. The van der Waals surface area contributed by atoms with Gasteiger partial charge in [0.15, 0.2) is 0 Å². The zero-order chi connectivity index (χ0) is 14.8. The van der Waals surface area contributed by atoms with E-state index in [-0.39, 0.29) is 6.04 Å². The summed E-state index contributed by atoms with van der Waals surface area (Å²) in [5.41, 5.74) is 5.20. The van der Waals surface area contributed by atoms with Gasteiger partial charge in [0.05, 0.1) is 17.1 Å². The molecule has 5 nitrogen and oxygen atoms in total. The average molecular weight is 288 g/mol. The Morgan fingerprint density at radius 3 is 3.00 bits per heavy atom. The zero-order valence-corrected chi connectivity index (χ0v) is 12.7. The summed E-state index contributed by atoms with van der Waals surface area (Å²) in [5, 5.41) is 0. The minimum absolute atomic E-state index is 0.202. The third kappa shape index (κ3) is 2.69. The molecule has 1 aromatic heterocycles. The highest BCUT2D eigenvalue weighted by molar-refractivity contribution is 5.75. The Balaban J connectivity index is 1.84. The number of nitrogens with one attached hydrogen (secondary N) is 1. The van der Waals surface area contributed by atoms with Crippen molar-refractivity contribution in [3.63, 3.8) is 0 Å². The van der Waals surface area contributed by atoms with Gasteiger partial charge >= 0.3 is 0 Å². The minimum Gasteiger partial charge on any atom is -0.378 e. The van der Waals surface area contributed by atoms with Gasteiger partial charge in [0, 0.05) is 32.0 Å². The van der Waals surface area contributed by atoms with E-state index in [2.05, 4.69) is 36.1 Å². The maximum atomic E-state index is 5.82. The number of nitrogens with zero attached hydrogens (tertiary/aromatic N) is 2. The molecule has 1 fully saturated rings. The highest BCUT2D eigenvalue weighted by Gasteiger charge is 2.33. The first-order chi connectivity index (χ1) is 10.2. The molecule has 0 bridgehead atoms. The van der Waals surface area contributed by atoms with Crippen molar-refractivity contribution in [2.45, 2.75) is 38.3 Å². The Morgan fingerprint density at radius 2 is 2.29 bits per heavy atom. The number of hydrazine groups is 1. The summed E-state index contributed by atoms with van der Waals surface area (Å²) in [6, 6.07) is 8.43. The van der Waals surface area contributed by atoms with E-state index in [1.54, 1.807) is 0 Å². The van der Waals surface area contributed by atoms with E-state index in [4.69, 9.17) is 15.6 Å². The number of imidazole rings is 1. The average Bonchev–Trinajstić information content (AvgIpc) is 3.10. The predicted octanol–water partition coefficient (Wildman–Crippen LogP) is 1.76. The Bertz CT molecular complexity index is 609. The standard InChI is InChI=1S/C16H24N4O/c1-3-15-11(8-9-21-15)13(19-17)10-16-18-12-6-4-5-7-14(12)20(16)2/h4-7,11,13,15,19H,3,8-10,17H2,1-2H3. The van der Waals surface area contributed by atoms with Crippen molar-refractivity contribution in [1.82, 2.24) is 15.0 Å². The summed E-state index contributed by atoms with van der Waals surface area (Å²) >= 11 is 0. The van der Waals surface area contributed by atoms with Gasteiger partial charge in [0.25, 0.3) is 0 Å². The number of rotatable bonds is 5. The molecule has 0 radical (unpaired) electrons. The van der Waals surface area contributed by atoms with Crippen LogP contribution in [-0.4, -0.2) is 28.3 Å². The summed E-state index contributed by atoms with van der Waals surface area (Å²) in [6.07, 6.45) is 3.23. The molecule has 114 valence electrons. The first kappa shape index (κ1) is 14.5. The zero-order valence-electron chi connectivity index (χ0n) is 12.7. The number of aryl methyl sites for hydroxylation is 1. The molecule has 1 aliphatic heterocycles. The number of fused-ring (bicyclic) bond motifs is 1. The summed E-state index contributed by atoms with van der Waals surface area (Å²) in [6.45, 7) is 3.01. The van der Waals surface area contributed by atoms with Gasteiger partial charge in [0.1, 0.15) is 5.82 Å². The van der Waals surface area contributed by atoms with E-state index < -0.39 is 0 Å². The molecular weight excluding hydrogens is 264 g/mol. The lowest BCUT2D eigenvalue weighted by Gasteiger charge is -2.26. The number of para-hydroxylation sites is 2. The van der Waals surface area contributed by atoms with E-state index >= 15 is 0 Å². The summed E-state index contributed by atoms with van der Waals surface area (Å²) in [5.74, 6) is 7.35. The van der Waals surface area contributed by atoms with E-state index in [0.717, 1.165) is 42.7 Å². The van der Waals surface area contributed by atoms with Gasteiger partial charge in [-0.2, -0.15) is 0 Å². The second kappa shape index (κ2) is 6.13. The molecule has 5 heteroatoms. The van der Waals surface area contributed by atoms with Crippen LogP contribution in [0.1, 0.15) is 25.6 Å². The molecule has 2 heterocycles. The van der Waals surface area contributed by atoms with Gasteiger partial charge in [-0.05, 0) is 25.0 Å². The van der Waals surface area contributed by atoms with Crippen LogP contribution in [0.4, 0.5) is 0 Å². The minimum atomic E-state index is 0.202. The molecule has 1 aromatic carbocycles. The number of aromatic nitrogens is 2. The fourth-order valence-electron chi connectivity index (χ4n) is 3.45. The quantitative estimate of drug-likeness (QED) is 0.650. The fraction of sp³-hybridized carbons (Fsp3) is 0.562. The first-order valence-corrected chi connectivity index (χ1v) is 7.72. The molecule has 1 saturated heterocycles. The maximum absolute atomic E-state index is 5.82. The van der Waals surface area contributed by atoms with E-state index in [1.807, 2.05) is 12.1 Å². The highest BCUT2D eigenvalue weighted by Crippen LogP contribution is 2.28. The largest absolute Gasteiger partial charge is 0.378 e. The smallest absolute Gasteiger partial charge is 0.111 e. The van der Waals surface area contributed by atoms with Crippen LogP contribution in [0.2, 0.25) is 0 Å². The van der Waals surface area contributed by atoms with Gasteiger partial charge in [-0.3, -0.25) is 11.3 Å². The second-order valence-corrected chi connectivity index (χ2v) is 5.82. The second-order valence-electron chi connectivity index (χ2n) is 5.82. The Morgan fingerprint density at radius 1 is 1.48 bits per heavy atom. The SMILES string of the molecule is CCC1OCCC1C(Cc1nc2ccccc2n1C)NN. The maximum Gasteiger partial charge on any atom is 0.111 e. The van der Waals surface area contributed by atoms with Crippen LogP contribution in [0.25, 0.3) is 11.0 Å². The van der Waals surface area contributed by atoms with Crippen molar-refractivity contribution in [3.05, 3.63) is 30.1 Å². The predicted molar refractivity (Wildman–Crippen MR) is 83.7 cm³/mol. The summed E-state index contributed by atoms with van der Waals surface area (Å²) in [4.78, 5) is 4.75. The molecule has 2 aromatic rings. The van der Waals surface area contributed by atoms with Crippen molar-refractivity contribution in [3.8, 4) is 0 Å². The number of benzene rings is 1. The topological polar surface area (TPSA) is 65.1 Å². The monoisotopic (exact) mass is 288 g/mol. The van der Waals surface area contributed by atoms with E-state index in [1.165, 1.54) is 0 Å². The lowest BCUT2D eigenvalue weighted by molar-refractivity contribution is 0.0772. The van der Waals surface area contributed by atoms with Crippen molar-refractivity contribution < 1.29 is 4.74 Å². The lowest BCUT2D eigenvalue weighted by Crippen LogP contribution is -2.45. The molecule has 0 amide bonds. The third-order valence-electron chi connectivity index (χ3n) is 4.68. The molecular formula is C16H24N4O. The number of hydrogen-bond acceptors (Lipinski definition) is 4. The van der Waals surface area contributed by atoms with Crippen molar-refractivity contribution in [1.29, 1.82) is 0 Å². The van der Waals surface area contributed by atoms with Crippen LogP contribution in [0, 0.1) is 5.92 Å². The number of nitrogens with two attached hydrogens (primary N) is 1. The van der Waals surface area contributed by atoms with Crippen molar-refractivity contribution in [2.24, 2.45) is 18.8 Å². The third-order valence-corrected chi connectivity index (χ3v) is 4.68. The molecule has 0 spiro atoms. The van der Waals surface area contributed by atoms with Crippen LogP contribution in [0.15, 0.2) is 24.3 Å². The number of ether oxygens (including phenoxy) is 1. The first-order valence-electron chi connectivity index (χ1n) is 7.72. The molecule has 0 aliphatic carbocycles. The van der Waals surface area contributed by atoms with Crippen molar-refractivity contribution >= 4 is 11.0 Å². The van der Waals surface area contributed by atoms with Gasteiger partial charge in [-0.25, -0.2) is 4.98 Å². The molecule has 3 rings (SSSR count). The normalized spacial score (nSPS) is 23.8. The molecule has 3 unspecified atom stereocenters. The van der Waals surface area contributed by atoms with E-state index in [0.29, 0.717) is 12.0 Å². The summed E-state index contributed by atoms with van der Waals surface area (Å²) in [7, 11) is 2.07. The van der Waals surface area contributed by atoms with Crippen LogP contribution < -0.4 is 11.3 Å². The van der Waals surface area contributed by atoms with E-state index in [9.17, 15) is 0 Å². The van der Waals surface area contributed by atoms with Crippen molar-refractivity contribution in [2.75, 3.05) is 6.61 Å². The lowest BCUT2D eigenvalue weighted by atomic mass is 9.89. The van der Waals surface area contributed by atoms with Gasteiger partial charge in [-0.15, -0.1) is 0 Å². The Kier molecular flexibility index (Phi) is 4.24. The highest BCUT2D eigenvalue weighted by atomic mass is 16.5. The fourth-order valence-corrected chi connectivity index (χ4v) is 3.45. The van der Waals surface area contributed by atoms with Crippen LogP contribution >= 0.6 is 0 Å². The Labute approximate surface area is 125 Å². The summed E-state index contributed by atoms with van der Waals surface area (Å²) < 4.78 is 7.96. The molecule has 1 aliphatic rings. The Hall–Kier alpha value is -1.43.